The van der Waals surface area contributed by atoms with E-state index in [-0.39, 0.29) is 5.92 Å². The molecule has 1 aliphatic rings. The second-order valence-corrected chi connectivity index (χ2v) is 9.20. The minimum Gasteiger partial charge on any atom is -0.338 e. The summed E-state index contributed by atoms with van der Waals surface area (Å²) < 4.78 is 30.1. The summed E-state index contributed by atoms with van der Waals surface area (Å²) in [5.41, 5.74) is 1.16. The van der Waals surface area contributed by atoms with Crippen LogP contribution in [0.5, 0.6) is 0 Å². The van der Waals surface area contributed by atoms with Gasteiger partial charge in [0.25, 0.3) is 0 Å². The highest BCUT2D eigenvalue weighted by Crippen LogP contribution is 2.27. The van der Waals surface area contributed by atoms with Crippen LogP contribution in [0, 0.1) is 0 Å². The molecule has 0 radical (unpaired) electrons. The van der Waals surface area contributed by atoms with Crippen LogP contribution in [0.3, 0.4) is 0 Å². The highest BCUT2D eigenvalue weighted by Gasteiger charge is 2.28. The number of hydrogen-bond acceptors (Lipinski definition) is 6. The van der Waals surface area contributed by atoms with Crippen molar-refractivity contribution in [2.75, 3.05) is 26.4 Å². The molecular weight excluding hydrogens is 376 g/mol. The molecular formula is C17H23ClN4O3S. The lowest BCUT2D eigenvalue weighted by atomic mass is 9.98. The van der Waals surface area contributed by atoms with Crippen molar-refractivity contribution >= 4 is 21.6 Å². The van der Waals surface area contributed by atoms with Gasteiger partial charge in [-0.25, -0.2) is 12.7 Å². The molecule has 1 fully saturated rings. The number of aromatic nitrogens is 2. The SMILES string of the molecule is CN(Cc1ccc(Cl)cc1)Cc1nc(C2CCN(S(C)(=O)=O)CC2)no1. The van der Waals surface area contributed by atoms with Crippen molar-refractivity contribution in [3.05, 3.63) is 46.6 Å². The third kappa shape index (κ3) is 5.03. The molecule has 1 aromatic carbocycles. The van der Waals surface area contributed by atoms with E-state index in [0.717, 1.165) is 17.1 Å². The average Bonchev–Trinajstić information content (AvgIpc) is 3.04. The summed E-state index contributed by atoms with van der Waals surface area (Å²) in [6, 6.07) is 7.73. The molecule has 1 aliphatic heterocycles. The molecule has 9 heteroatoms. The third-order valence-corrected chi connectivity index (χ3v) is 6.10. The highest BCUT2D eigenvalue weighted by atomic mass is 35.5. The normalized spacial score (nSPS) is 17.1. The van der Waals surface area contributed by atoms with Crippen molar-refractivity contribution in [2.24, 2.45) is 0 Å². The maximum Gasteiger partial charge on any atom is 0.240 e. The predicted octanol–water partition coefficient (Wildman–Crippen LogP) is 2.49. The summed E-state index contributed by atoms with van der Waals surface area (Å²) in [5.74, 6) is 1.39. The van der Waals surface area contributed by atoms with E-state index in [0.29, 0.717) is 44.2 Å². The van der Waals surface area contributed by atoms with Gasteiger partial charge in [0.15, 0.2) is 5.82 Å². The second-order valence-electron chi connectivity index (χ2n) is 6.78. The lowest BCUT2D eigenvalue weighted by Crippen LogP contribution is -2.37. The fourth-order valence-corrected chi connectivity index (χ4v) is 4.13. The molecule has 0 unspecified atom stereocenters. The highest BCUT2D eigenvalue weighted by molar-refractivity contribution is 7.88. The Morgan fingerprint density at radius 1 is 1.23 bits per heavy atom. The van der Waals surface area contributed by atoms with Crippen LogP contribution in [0.4, 0.5) is 0 Å². The Morgan fingerprint density at radius 3 is 2.50 bits per heavy atom. The summed E-state index contributed by atoms with van der Waals surface area (Å²) in [4.78, 5) is 6.60. The zero-order valence-corrected chi connectivity index (χ0v) is 16.5. The first kappa shape index (κ1) is 19.3. The molecule has 0 atom stereocenters. The maximum atomic E-state index is 11.6. The van der Waals surface area contributed by atoms with E-state index in [1.807, 2.05) is 31.3 Å². The van der Waals surface area contributed by atoms with Gasteiger partial charge in [0, 0.05) is 30.6 Å². The number of hydrogen-bond donors (Lipinski definition) is 0. The van der Waals surface area contributed by atoms with Gasteiger partial charge in [0.1, 0.15) is 0 Å². The Kier molecular flexibility index (Phi) is 5.96. The van der Waals surface area contributed by atoms with Crippen molar-refractivity contribution in [3.63, 3.8) is 0 Å². The quantitative estimate of drug-likeness (QED) is 0.743. The number of benzene rings is 1. The van der Waals surface area contributed by atoms with E-state index in [4.69, 9.17) is 16.1 Å². The lowest BCUT2D eigenvalue weighted by Gasteiger charge is -2.28. The third-order valence-electron chi connectivity index (χ3n) is 4.54. The van der Waals surface area contributed by atoms with Crippen LogP contribution < -0.4 is 0 Å². The van der Waals surface area contributed by atoms with Crippen LogP contribution in [0.2, 0.25) is 5.02 Å². The summed E-state index contributed by atoms with van der Waals surface area (Å²) >= 11 is 5.91. The van der Waals surface area contributed by atoms with Gasteiger partial charge >= 0.3 is 0 Å². The van der Waals surface area contributed by atoms with Crippen LogP contribution >= 0.6 is 11.6 Å². The first-order valence-electron chi connectivity index (χ1n) is 8.52. The molecule has 1 saturated heterocycles. The molecule has 2 aromatic rings. The number of nitrogens with zero attached hydrogens (tertiary/aromatic N) is 4. The van der Waals surface area contributed by atoms with E-state index < -0.39 is 10.0 Å². The van der Waals surface area contributed by atoms with E-state index in [9.17, 15) is 8.42 Å². The summed E-state index contributed by atoms with van der Waals surface area (Å²) in [7, 11) is -1.13. The standard InChI is InChI=1S/C17H23ClN4O3S/c1-21(11-13-3-5-15(18)6-4-13)12-16-19-17(20-25-16)14-7-9-22(10-8-14)26(2,23)24/h3-6,14H,7-12H2,1-2H3. The van der Waals surface area contributed by atoms with Gasteiger partial charge in [-0.05, 0) is 37.6 Å². The Labute approximate surface area is 159 Å². The topological polar surface area (TPSA) is 79.5 Å². The molecule has 0 saturated carbocycles. The average molecular weight is 399 g/mol. The fourth-order valence-electron chi connectivity index (χ4n) is 3.13. The molecule has 7 nitrogen and oxygen atoms in total. The molecule has 26 heavy (non-hydrogen) atoms. The van der Waals surface area contributed by atoms with Crippen LogP contribution in [0.1, 0.15) is 36.0 Å². The zero-order chi connectivity index (χ0) is 18.7. The molecule has 142 valence electrons. The lowest BCUT2D eigenvalue weighted by molar-refractivity contribution is 0.258. The van der Waals surface area contributed by atoms with Crippen LogP contribution in [0.15, 0.2) is 28.8 Å². The Bertz CT molecular complexity index is 830. The van der Waals surface area contributed by atoms with Gasteiger partial charge in [-0.1, -0.05) is 28.9 Å². The van der Waals surface area contributed by atoms with Crippen molar-refractivity contribution in [1.29, 1.82) is 0 Å². The van der Waals surface area contributed by atoms with E-state index in [1.165, 1.54) is 10.6 Å². The van der Waals surface area contributed by atoms with E-state index in [1.54, 1.807) is 0 Å². The van der Waals surface area contributed by atoms with Gasteiger partial charge < -0.3 is 4.52 Å². The molecule has 0 spiro atoms. The number of rotatable bonds is 6. The minimum atomic E-state index is -3.12. The number of sulfonamides is 1. The van der Waals surface area contributed by atoms with Gasteiger partial charge in [0.2, 0.25) is 15.9 Å². The van der Waals surface area contributed by atoms with Crippen molar-refractivity contribution in [3.8, 4) is 0 Å². The van der Waals surface area contributed by atoms with Crippen molar-refractivity contribution in [2.45, 2.75) is 31.8 Å². The Hall–Kier alpha value is -1.48. The molecule has 2 heterocycles. The molecule has 1 aromatic heterocycles. The first-order chi connectivity index (χ1) is 12.3. The molecule has 0 aliphatic carbocycles. The van der Waals surface area contributed by atoms with Crippen molar-refractivity contribution < 1.29 is 12.9 Å². The second kappa shape index (κ2) is 8.04. The van der Waals surface area contributed by atoms with Gasteiger partial charge in [-0.2, -0.15) is 4.98 Å². The summed E-state index contributed by atoms with van der Waals surface area (Å²) in [5, 5.41) is 4.82. The minimum absolute atomic E-state index is 0.145. The van der Waals surface area contributed by atoms with Gasteiger partial charge in [0.05, 0.1) is 12.8 Å². The number of halogens is 1. The van der Waals surface area contributed by atoms with Crippen LogP contribution in [0.25, 0.3) is 0 Å². The van der Waals surface area contributed by atoms with Gasteiger partial charge in [-0.3, -0.25) is 4.90 Å². The molecule has 0 N–H and O–H groups in total. The summed E-state index contributed by atoms with van der Waals surface area (Å²) in [6.45, 7) is 2.31. The number of piperidine rings is 1. The van der Waals surface area contributed by atoms with Crippen LogP contribution in [-0.2, 0) is 23.1 Å². The maximum absolute atomic E-state index is 11.6. The summed E-state index contributed by atoms with van der Waals surface area (Å²) in [6.07, 6.45) is 2.68. The first-order valence-corrected chi connectivity index (χ1v) is 10.7. The zero-order valence-electron chi connectivity index (χ0n) is 14.9. The fraction of sp³-hybridized carbons (Fsp3) is 0.529. The largest absolute Gasteiger partial charge is 0.338 e. The van der Waals surface area contributed by atoms with E-state index >= 15 is 0 Å². The smallest absolute Gasteiger partial charge is 0.240 e. The Morgan fingerprint density at radius 2 is 1.88 bits per heavy atom. The predicted molar refractivity (Wildman–Crippen MR) is 99.3 cm³/mol. The monoisotopic (exact) mass is 398 g/mol. The molecule has 0 bridgehead atoms. The Balaban J connectivity index is 1.54. The van der Waals surface area contributed by atoms with Gasteiger partial charge in [-0.15, -0.1) is 0 Å². The van der Waals surface area contributed by atoms with Crippen molar-refractivity contribution in [1.82, 2.24) is 19.3 Å². The molecule has 3 rings (SSSR count). The van der Waals surface area contributed by atoms with E-state index in [2.05, 4.69) is 15.0 Å². The molecule has 0 amide bonds. The van der Waals surface area contributed by atoms with Crippen LogP contribution in [-0.4, -0.2) is 54.2 Å².